The molecule has 0 aliphatic carbocycles. The van der Waals surface area contributed by atoms with Crippen LogP contribution < -0.4 is 5.32 Å². The second-order valence-corrected chi connectivity index (χ2v) is 4.96. The first-order chi connectivity index (χ1) is 8.63. The molecule has 2 aliphatic rings. The smallest absolute Gasteiger partial charge is 0.119 e. The van der Waals surface area contributed by atoms with Gasteiger partial charge in [0.2, 0.25) is 0 Å². The van der Waals surface area contributed by atoms with Crippen molar-refractivity contribution in [1.29, 1.82) is 0 Å². The van der Waals surface area contributed by atoms with Crippen molar-refractivity contribution in [2.45, 2.75) is 25.0 Å². The summed E-state index contributed by atoms with van der Waals surface area (Å²) in [6.45, 7) is 10.1. The van der Waals surface area contributed by atoms with Gasteiger partial charge in [-0.3, -0.25) is 4.90 Å². The molecule has 2 atom stereocenters. The van der Waals surface area contributed by atoms with Crippen LogP contribution in [0, 0.1) is 0 Å². The van der Waals surface area contributed by atoms with Gasteiger partial charge in [-0.15, -0.1) is 0 Å². The number of aliphatic hydroxyl groups is 1. The number of piperidine rings is 1. The van der Waals surface area contributed by atoms with Crippen LogP contribution in [-0.2, 0) is 0 Å². The summed E-state index contributed by atoms with van der Waals surface area (Å²) in [4.78, 5) is 2.23. The van der Waals surface area contributed by atoms with E-state index in [2.05, 4.69) is 23.4 Å². The van der Waals surface area contributed by atoms with E-state index in [0.717, 1.165) is 25.1 Å². The zero-order chi connectivity index (χ0) is 13.1. The molecule has 0 saturated carbocycles. The molecule has 2 rings (SSSR count). The van der Waals surface area contributed by atoms with E-state index in [9.17, 15) is 9.50 Å². The van der Waals surface area contributed by atoms with Crippen LogP contribution in [0.2, 0.25) is 0 Å². The summed E-state index contributed by atoms with van der Waals surface area (Å²) in [6.07, 6.45) is 2.94. The van der Waals surface area contributed by atoms with E-state index in [-0.39, 0.29) is 18.0 Å². The molecule has 0 amide bonds. The van der Waals surface area contributed by atoms with Crippen molar-refractivity contribution in [3.63, 3.8) is 0 Å². The number of aliphatic hydroxyl groups excluding tert-OH is 1. The Hall–Kier alpha value is -0.970. The van der Waals surface area contributed by atoms with Crippen molar-refractivity contribution >= 4 is 0 Å². The maximum atomic E-state index is 13.3. The highest BCUT2D eigenvalue weighted by Gasteiger charge is 2.31. The third kappa shape index (κ3) is 2.71. The molecule has 2 heterocycles. The molecule has 1 fully saturated rings. The van der Waals surface area contributed by atoms with E-state index >= 15 is 0 Å². The number of nitrogens with zero attached hydrogens (tertiary/aromatic N) is 1. The first-order valence-electron chi connectivity index (χ1n) is 6.45. The average Bonchev–Trinajstić information content (AvgIpc) is 2.38. The second-order valence-electron chi connectivity index (χ2n) is 4.96. The van der Waals surface area contributed by atoms with Gasteiger partial charge < -0.3 is 10.4 Å². The maximum absolute atomic E-state index is 13.3. The van der Waals surface area contributed by atoms with Crippen molar-refractivity contribution in [3.8, 4) is 0 Å². The summed E-state index contributed by atoms with van der Waals surface area (Å²) in [5, 5.41) is 13.2. The minimum absolute atomic E-state index is 0.163. The largest absolute Gasteiger partial charge is 0.390 e. The van der Waals surface area contributed by atoms with Crippen molar-refractivity contribution in [3.05, 3.63) is 36.2 Å². The van der Waals surface area contributed by atoms with Gasteiger partial charge in [0.15, 0.2) is 0 Å². The van der Waals surface area contributed by atoms with Gasteiger partial charge in [-0.2, -0.15) is 0 Å². The summed E-state index contributed by atoms with van der Waals surface area (Å²) in [6, 6.07) is 0.163. The first-order valence-corrected chi connectivity index (χ1v) is 6.45. The van der Waals surface area contributed by atoms with Gasteiger partial charge in [-0.05, 0) is 30.5 Å². The van der Waals surface area contributed by atoms with E-state index in [1.807, 2.05) is 0 Å². The predicted molar refractivity (Wildman–Crippen MR) is 70.9 cm³/mol. The molecule has 2 N–H and O–H groups in total. The summed E-state index contributed by atoms with van der Waals surface area (Å²) in [7, 11) is 0. The fraction of sp³-hybridized carbons (Fsp3) is 0.571. The molecule has 0 spiro atoms. The first kappa shape index (κ1) is 13.5. The van der Waals surface area contributed by atoms with Crippen LogP contribution >= 0.6 is 0 Å². The Labute approximate surface area is 108 Å². The number of hydrogen-bond donors (Lipinski definition) is 2. The van der Waals surface area contributed by atoms with Crippen molar-refractivity contribution in [2.24, 2.45) is 0 Å². The molecule has 0 radical (unpaired) electrons. The standard InChI is InChI=1S/C14H21FN2O/c1-3-11-9-17(7-5-12(11)10(2)15)13-4-6-16-8-14(13)18/h3,13-14,16,18H,1-2,4-9H2. The zero-order valence-electron chi connectivity index (χ0n) is 10.7. The summed E-state index contributed by atoms with van der Waals surface area (Å²) < 4.78 is 13.3. The lowest BCUT2D eigenvalue weighted by Crippen LogP contribution is -2.54. The molecule has 2 aliphatic heterocycles. The molecule has 3 nitrogen and oxygen atoms in total. The Morgan fingerprint density at radius 3 is 2.94 bits per heavy atom. The van der Waals surface area contributed by atoms with E-state index in [1.54, 1.807) is 6.08 Å². The predicted octanol–water partition coefficient (Wildman–Crippen LogP) is 1.38. The molecule has 0 aromatic carbocycles. The highest BCUT2D eigenvalue weighted by molar-refractivity contribution is 5.37. The van der Waals surface area contributed by atoms with Gasteiger partial charge in [-0.1, -0.05) is 19.2 Å². The molecular formula is C14H21FN2O. The van der Waals surface area contributed by atoms with Gasteiger partial charge in [-0.25, -0.2) is 4.39 Å². The highest BCUT2D eigenvalue weighted by Crippen LogP contribution is 2.27. The van der Waals surface area contributed by atoms with Crippen LogP contribution in [0.3, 0.4) is 0 Å². The molecule has 4 heteroatoms. The Morgan fingerprint density at radius 2 is 2.33 bits per heavy atom. The van der Waals surface area contributed by atoms with Gasteiger partial charge in [0, 0.05) is 25.7 Å². The summed E-state index contributed by atoms with van der Waals surface area (Å²) in [5.41, 5.74) is 1.59. The normalized spacial score (nSPS) is 30.3. The Bertz CT molecular complexity index is 378. The number of nitrogens with one attached hydrogen (secondary N) is 1. The third-order valence-corrected chi connectivity index (χ3v) is 3.87. The average molecular weight is 252 g/mol. The minimum Gasteiger partial charge on any atom is -0.390 e. The Kier molecular flexibility index (Phi) is 4.32. The molecule has 100 valence electrons. The van der Waals surface area contributed by atoms with Gasteiger partial charge in [0.25, 0.3) is 0 Å². The van der Waals surface area contributed by atoms with E-state index in [0.29, 0.717) is 25.1 Å². The fourth-order valence-electron chi connectivity index (χ4n) is 2.84. The van der Waals surface area contributed by atoms with Crippen molar-refractivity contribution < 1.29 is 9.50 Å². The van der Waals surface area contributed by atoms with Crippen LogP contribution in [0.4, 0.5) is 4.39 Å². The SMILES string of the molecule is C=CC1=C(C(=C)F)CCN(C2CCNCC2O)C1. The molecule has 1 saturated heterocycles. The minimum atomic E-state index is -0.351. The molecule has 0 aromatic rings. The Balaban J connectivity index is 2.10. The number of allylic oxidation sites excluding steroid dienone is 1. The van der Waals surface area contributed by atoms with Gasteiger partial charge >= 0.3 is 0 Å². The topological polar surface area (TPSA) is 35.5 Å². The third-order valence-electron chi connectivity index (χ3n) is 3.87. The number of halogens is 1. The molecular weight excluding hydrogens is 231 g/mol. The lowest BCUT2D eigenvalue weighted by molar-refractivity contribution is 0.0318. The number of hydrogen-bond acceptors (Lipinski definition) is 3. The number of β-amino-alcohol motifs (C(OH)–C–C–N with tert-alkyl or cyclic N) is 1. The van der Waals surface area contributed by atoms with Crippen LogP contribution in [-0.4, -0.2) is 48.3 Å². The fourth-order valence-corrected chi connectivity index (χ4v) is 2.84. The molecule has 0 bridgehead atoms. The van der Waals surface area contributed by atoms with Crippen LogP contribution in [0.5, 0.6) is 0 Å². The van der Waals surface area contributed by atoms with Crippen LogP contribution in [0.25, 0.3) is 0 Å². The second kappa shape index (κ2) is 5.78. The lowest BCUT2D eigenvalue weighted by Gasteiger charge is -2.40. The molecule has 0 aromatic heterocycles. The van der Waals surface area contributed by atoms with E-state index < -0.39 is 0 Å². The van der Waals surface area contributed by atoms with Crippen molar-refractivity contribution in [2.75, 3.05) is 26.2 Å². The summed E-state index contributed by atoms with van der Waals surface area (Å²) in [5.74, 6) is -0.351. The van der Waals surface area contributed by atoms with Gasteiger partial charge in [0.1, 0.15) is 5.83 Å². The molecule has 18 heavy (non-hydrogen) atoms. The van der Waals surface area contributed by atoms with Gasteiger partial charge in [0.05, 0.1) is 6.10 Å². The maximum Gasteiger partial charge on any atom is 0.119 e. The number of rotatable bonds is 3. The van der Waals surface area contributed by atoms with Crippen molar-refractivity contribution in [1.82, 2.24) is 10.2 Å². The van der Waals surface area contributed by atoms with E-state index in [4.69, 9.17) is 0 Å². The van der Waals surface area contributed by atoms with E-state index in [1.165, 1.54) is 0 Å². The summed E-state index contributed by atoms with van der Waals surface area (Å²) >= 11 is 0. The van der Waals surface area contributed by atoms with Crippen LogP contribution in [0.1, 0.15) is 12.8 Å². The molecule has 2 unspecified atom stereocenters. The lowest BCUT2D eigenvalue weighted by atomic mass is 9.94. The monoisotopic (exact) mass is 252 g/mol. The zero-order valence-corrected chi connectivity index (χ0v) is 10.7. The quantitative estimate of drug-likeness (QED) is 0.796. The Morgan fingerprint density at radius 1 is 1.56 bits per heavy atom. The van der Waals surface area contributed by atoms with Crippen LogP contribution in [0.15, 0.2) is 36.2 Å². The highest BCUT2D eigenvalue weighted by atomic mass is 19.1.